The molecule has 0 aliphatic carbocycles. The second kappa shape index (κ2) is 11.2. The van der Waals surface area contributed by atoms with Crippen LogP contribution in [-0.4, -0.2) is 4.57 Å². The van der Waals surface area contributed by atoms with Gasteiger partial charge in [0.05, 0.1) is 11.0 Å². The number of benzene rings is 8. The largest absolute Gasteiger partial charge is 0.309 e. The molecule has 1 atom stereocenters. The summed E-state index contributed by atoms with van der Waals surface area (Å²) in [6, 6.07) is 56.3. The van der Waals surface area contributed by atoms with E-state index in [1.54, 1.807) is 0 Å². The standard InChI is InChI=1S/C47H37N/c1-4-30(2)35-13-5-6-14-37(35)36-24-21-32(27-31(36)3)33-22-26-47-45(28-33)43-19-11-12-20-46(43)48(47)34-23-25-42-40-17-8-7-15-38(40)39-16-9-10-18-41(39)44(42)29-34/h5-30H,4H2,1-3H3/t30-/m1/s1. The topological polar surface area (TPSA) is 4.93 Å². The number of fused-ring (bicyclic) bond motifs is 9. The van der Waals surface area contributed by atoms with E-state index < -0.39 is 0 Å². The van der Waals surface area contributed by atoms with E-state index >= 15 is 0 Å². The molecular weight excluding hydrogens is 579 g/mol. The van der Waals surface area contributed by atoms with Crippen molar-refractivity contribution in [1.82, 2.24) is 4.57 Å². The zero-order chi connectivity index (χ0) is 32.4. The molecule has 0 aliphatic rings. The van der Waals surface area contributed by atoms with E-state index in [0.29, 0.717) is 5.92 Å². The van der Waals surface area contributed by atoms with E-state index in [1.807, 2.05) is 0 Å². The third kappa shape index (κ3) is 4.38. The SMILES string of the molecule is CC[C@@H](C)c1ccccc1-c1ccc(-c2ccc3c(c2)c2ccccc2n3-c2ccc3c4ccccc4c4ccccc4c3c2)cc1C. The van der Waals surface area contributed by atoms with Crippen LogP contribution in [-0.2, 0) is 0 Å². The second-order valence-corrected chi connectivity index (χ2v) is 13.3. The van der Waals surface area contributed by atoms with Crippen LogP contribution in [0.4, 0.5) is 0 Å². The van der Waals surface area contributed by atoms with Crippen molar-refractivity contribution in [3.63, 3.8) is 0 Å². The molecule has 1 heteroatoms. The van der Waals surface area contributed by atoms with Gasteiger partial charge in [-0.3, -0.25) is 0 Å². The van der Waals surface area contributed by atoms with Gasteiger partial charge in [0.15, 0.2) is 0 Å². The van der Waals surface area contributed by atoms with Gasteiger partial charge in [-0.05, 0) is 115 Å². The molecule has 1 heterocycles. The third-order valence-corrected chi connectivity index (χ3v) is 10.6. The number of aromatic nitrogens is 1. The zero-order valence-electron chi connectivity index (χ0n) is 27.7. The van der Waals surface area contributed by atoms with Gasteiger partial charge in [0.1, 0.15) is 0 Å². The molecular formula is C47H37N. The normalized spacial score (nSPS) is 12.5. The van der Waals surface area contributed by atoms with Crippen LogP contribution in [0.2, 0.25) is 0 Å². The number of rotatable bonds is 5. The van der Waals surface area contributed by atoms with Crippen LogP contribution < -0.4 is 0 Å². The number of nitrogens with zero attached hydrogens (tertiary/aromatic N) is 1. The van der Waals surface area contributed by atoms with Gasteiger partial charge >= 0.3 is 0 Å². The molecule has 0 fully saturated rings. The quantitative estimate of drug-likeness (QED) is 0.170. The van der Waals surface area contributed by atoms with Crippen LogP contribution in [0.15, 0.2) is 152 Å². The lowest BCUT2D eigenvalue weighted by Gasteiger charge is -2.17. The van der Waals surface area contributed by atoms with E-state index in [2.05, 4.69) is 177 Å². The highest BCUT2D eigenvalue weighted by atomic mass is 15.0. The molecule has 0 amide bonds. The Bertz CT molecular complexity index is 2650. The summed E-state index contributed by atoms with van der Waals surface area (Å²) in [6.45, 7) is 6.85. The molecule has 0 radical (unpaired) electrons. The molecule has 0 N–H and O–H groups in total. The first-order chi connectivity index (χ1) is 23.6. The van der Waals surface area contributed by atoms with Crippen molar-refractivity contribution in [1.29, 1.82) is 0 Å². The minimum Gasteiger partial charge on any atom is -0.309 e. The van der Waals surface area contributed by atoms with E-state index in [1.165, 1.54) is 93.2 Å². The monoisotopic (exact) mass is 615 g/mol. The molecule has 1 aromatic heterocycles. The van der Waals surface area contributed by atoms with Crippen molar-refractivity contribution in [2.75, 3.05) is 0 Å². The summed E-state index contributed by atoms with van der Waals surface area (Å²) in [5.74, 6) is 0.528. The fourth-order valence-corrected chi connectivity index (χ4v) is 8.00. The van der Waals surface area contributed by atoms with Gasteiger partial charge in [0.2, 0.25) is 0 Å². The number of hydrogen-bond acceptors (Lipinski definition) is 0. The van der Waals surface area contributed by atoms with Gasteiger partial charge in [-0.2, -0.15) is 0 Å². The average molecular weight is 616 g/mol. The van der Waals surface area contributed by atoms with E-state index in [-0.39, 0.29) is 0 Å². The smallest absolute Gasteiger partial charge is 0.0541 e. The minimum absolute atomic E-state index is 0.528. The minimum atomic E-state index is 0.528. The van der Waals surface area contributed by atoms with Gasteiger partial charge in [0.25, 0.3) is 0 Å². The Morgan fingerprint density at radius 2 is 1.02 bits per heavy atom. The predicted octanol–water partition coefficient (Wildman–Crippen LogP) is 13.4. The average Bonchev–Trinajstić information content (AvgIpc) is 3.48. The summed E-state index contributed by atoms with van der Waals surface area (Å²) in [4.78, 5) is 0. The lowest BCUT2D eigenvalue weighted by molar-refractivity contribution is 0.735. The molecule has 0 bridgehead atoms. The maximum Gasteiger partial charge on any atom is 0.0541 e. The number of para-hydroxylation sites is 1. The Morgan fingerprint density at radius 1 is 0.458 bits per heavy atom. The molecule has 0 spiro atoms. The van der Waals surface area contributed by atoms with Crippen molar-refractivity contribution in [3.05, 3.63) is 163 Å². The maximum atomic E-state index is 2.44. The van der Waals surface area contributed by atoms with E-state index in [4.69, 9.17) is 0 Å². The van der Waals surface area contributed by atoms with E-state index in [9.17, 15) is 0 Å². The van der Waals surface area contributed by atoms with E-state index in [0.717, 1.165) is 6.42 Å². The third-order valence-electron chi connectivity index (χ3n) is 10.6. The first-order valence-corrected chi connectivity index (χ1v) is 17.2. The van der Waals surface area contributed by atoms with Crippen LogP contribution in [0, 0.1) is 6.92 Å². The predicted molar refractivity (Wildman–Crippen MR) is 208 cm³/mol. The Balaban J connectivity index is 1.21. The van der Waals surface area contributed by atoms with Gasteiger partial charge in [-0.25, -0.2) is 0 Å². The Kier molecular flexibility index (Phi) is 6.69. The summed E-state index contributed by atoms with van der Waals surface area (Å²) >= 11 is 0. The van der Waals surface area contributed by atoms with Crippen LogP contribution >= 0.6 is 0 Å². The molecule has 0 saturated heterocycles. The summed E-state index contributed by atoms with van der Waals surface area (Å²) in [7, 11) is 0. The number of aryl methyl sites for hydroxylation is 1. The summed E-state index contributed by atoms with van der Waals surface area (Å²) in [5.41, 5.74) is 11.5. The molecule has 0 unspecified atom stereocenters. The first kappa shape index (κ1) is 28.6. The molecule has 0 saturated carbocycles. The zero-order valence-corrected chi connectivity index (χ0v) is 27.7. The second-order valence-electron chi connectivity index (χ2n) is 13.3. The summed E-state index contributed by atoms with van der Waals surface area (Å²) in [5, 5.41) is 10.3. The maximum absolute atomic E-state index is 2.44. The molecule has 9 rings (SSSR count). The Morgan fingerprint density at radius 3 is 1.73 bits per heavy atom. The Hall–Kier alpha value is -5.66. The van der Waals surface area contributed by atoms with Crippen LogP contribution in [0.1, 0.15) is 37.3 Å². The first-order valence-electron chi connectivity index (χ1n) is 17.2. The van der Waals surface area contributed by atoms with Crippen molar-refractivity contribution < 1.29 is 0 Å². The lowest BCUT2D eigenvalue weighted by atomic mass is 9.87. The van der Waals surface area contributed by atoms with Gasteiger partial charge in [-0.15, -0.1) is 0 Å². The van der Waals surface area contributed by atoms with Gasteiger partial charge in [-0.1, -0.05) is 135 Å². The molecule has 9 aromatic rings. The van der Waals surface area contributed by atoms with Crippen LogP contribution in [0.5, 0.6) is 0 Å². The van der Waals surface area contributed by atoms with Crippen molar-refractivity contribution in [3.8, 4) is 27.9 Å². The van der Waals surface area contributed by atoms with Gasteiger partial charge < -0.3 is 4.57 Å². The molecule has 0 aliphatic heterocycles. The van der Waals surface area contributed by atoms with Crippen LogP contribution in [0.25, 0.3) is 82.1 Å². The summed E-state index contributed by atoms with van der Waals surface area (Å²) in [6.07, 6.45) is 1.13. The fraction of sp³-hybridized carbons (Fsp3) is 0.106. The summed E-state index contributed by atoms with van der Waals surface area (Å²) < 4.78 is 2.44. The van der Waals surface area contributed by atoms with Gasteiger partial charge in [0, 0.05) is 16.5 Å². The van der Waals surface area contributed by atoms with Crippen molar-refractivity contribution in [2.45, 2.75) is 33.1 Å². The van der Waals surface area contributed by atoms with Crippen molar-refractivity contribution >= 4 is 54.1 Å². The Labute approximate surface area is 281 Å². The number of hydrogen-bond donors (Lipinski definition) is 0. The highest BCUT2D eigenvalue weighted by Gasteiger charge is 2.17. The van der Waals surface area contributed by atoms with Crippen molar-refractivity contribution in [2.24, 2.45) is 0 Å². The molecule has 8 aromatic carbocycles. The molecule has 230 valence electrons. The highest BCUT2D eigenvalue weighted by molar-refractivity contribution is 6.25. The fourth-order valence-electron chi connectivity index (χ4n) is 8.00. The highest BCUT2D eigenvalue weighted by Crippen LogP contribution is 2.40. The lowest BCUT2D eigenvalue weighted by Crippen LogP contribution is -1.96. The van der Waals surface area contributed by atoms with Crippen LogP contribution in [0.3, 0.4) is 0 Å². The molecule has 48 heavy (non-hydrogen) atoms. The molecule has 1 nitrogen and oxygen atoms in total.